The standard InChI is InChI=1S/C21H42N6O/c1-18-6-14-27(15-7-18)13-5-11-25-21(23-2)24-10-3-4-12-26-16-8-19(9-17-26)20(22)28/h18-19H,3-17H2,1-2H3,(H2,22,28)(H2,23,24,25). The first-order valence-corrected chi connectivity index (χ1v) is 11.3. The topological polar surface area (TPSA) is 86.0 Å². The molecule has 162 valence electrons. The quantitative estimate of drug-likeness (QED) is 0.295. The van der Waals surface area contributed by atoms with E-state index in [1.165, 1.54) is 38.9 Å². The molecule has 0 bridgehead atoms. The fourth-order valence-electron chi connectivity index (χ4n) is 4.12. The zero-order chi connectivity index (χ0) is 20.2. The molecule has 0 aromatic carbocycles. The van der Waals surface area contributed by atoms with Gasteiger partial charge in [0.2, 0.25) is 5.91 Å². The molecule has 0 aromatic rings. The average Bonchev–Trinajstić information content (AvgIpc) is 2.71. The average molecular weight is 395 g/mol. The molecular weight excluding hydrogens is 352 g/mol. The molecule has 2 aliphatic heterocycles. The van der Waals surface area contributed by atoms with Crippen LogP contribution in [-0.4, -0.2) is 81.1 Å². The van der Waals surface area contributed by atoms with Gasteiger partial charge in [0.05, 0.1) is 0 Å². The van der Waals surface area contributed by atoms with Gasteiger partial charge in [0.15, 0.2) is 5.96 Å². The second-order valence-electron chi connectivity index (χ2n) is 8.53. The summed E-state index contributed by atoms with van der Waals surface area (Å²) in [6.07, 6.45) is 7.98. The Labute approximate surface area is 171 Å². The molecule has 0 radical (unpaired) electrons. The molecule has 2 saturated heterocycles. The maximum absolute atomic E-state index is 11.2. The van der Waals surface area contributed by atoms with E-state index in [1.54, 1.807) is 0 Å². The van der Waals surface area contributed by atoms with Crippen LogP contribution in [0.5, 0.6) is 0 Å². The van der Waals surface area contributed by atoms with Crippen LogP contribution >= 0.6 is 0 Å². The summed E-state index contributed by atoms with van der Waals surface area (Å²) in [7, 11) is 1.84. The summed E-state index contributed by atoms with van der Waals surface area (Å²) < 4.78 is 0. The number of rotatable bonds is 10. The van der Waals surface area contributed by atoms with Crippen molar-refractivity contribution in [2.24, 2.45) is 22.6 Å². The molecule has 2 aliphatic rings. The minimum Gasteiger partial charge on any atom is -0.369 e. The Morgan fingerprint density at radius 1 is 0.929 bits per heavy atom. The van der Waals surface area contributed by atoms with Crippen LogP contribution < -0.4 is 16.4 Å². The van der Waals surface area contributed by atoms with Gasteiger partial charge in [-0.2, -0.15) is 0 Å². The third-order valence-electron chi connectivity index (χ3n) is 6.23. The highest BCUT2D eigenvalue weighted by atomic mass is 16.1. The van der Waals surface area contributed by atoms with Crippen molar-refractivity contribution in [1.82, 2.24) is 20.4 Å². The van der Waals surface area contributed by atoms with Crippen molar-refractivity contribution in [1.29, 1.82) is 0 Å². The van der Waals surface area contributed by atoms with Gasteiger partial charge in [-0.3, -0.25) is 9.79 Å². The number of aliphatic imine (C=N–C) groups is 1. The van der Waals surface area contributed by atoms with Gasteiger partial charge in [0, 0.05) is 26.1 Å². The van der Waals surface area contributed by atoms with Gasteiger partial charge in [0.25, 0.3) is 0 Å². The number of primary amides is 1. The van der Waals surface area contributed by atoms with Crippen LogP contribution in [0.15, 0.2) is 4.99 Å². The van der Waals surface area contributed by atoms with Crippen molar-refractivity contribution in [3.63, 3.8) is 0 Å². The Morgan fingerprint density at radius 2 is 1.46 bits per heavy atom. The molecule has 0 aromatic heterocycles. The van der Waals surface area contributed by atoms with Gasteiger partial charge in [-0.05, 0) is 90.1 Å². The Hall–Kier alpha value is -1.34. The second-order valence-corrected chi connectivity index (χ2v) is 8.53. The lowest BCUT2D eigenvalue weighted by Gasteiger charge is -2.30. The van der Waals surface area contributed by atoms with Gasteiger partial charge < -0.3 is 26.2 Å². The molecule has 2 heterocycles. The first-order valence-electron chi connectivity index (χ1n) is 11.3. The molecule has 4 N–H and O–H groups in total. The number of hydrogen-bond acceptors (Lipinski definition) is 4. The predicted octanol–water partition coefficient (Wildman–Crippen LogP) is 1.25. The zero-order valence-corrected chi connectivity index (χ0v) is 18.1. The second kappa shape index (κ2) is 13.0. The summed E-state index contributed by atoms with van der Waals surface area (Å²) in [5.41, 5.74) is 5.39. The highest BCUT2D eigenvalue weighted by Gasteiger charge is 2.22. The molecule has 7 heteroatoms. The van der Waals surface area contributed by atoms with Crippen molar-refractivity contribution in [3.05, 3.63) is 0 Å². The Balaban J connectivity index is 1.45. The third-order valence-corrected chi connectivity index (χ3v) is 6.23. The third kappa shape index (κ3) is 8.78. The fourth-order valence-corrected chi connectivity index (χ4v) is 4.12. The van der Waals surface area contributed by atoms with E-state index in [2.05, 4.69) is 32.3 Å². The number of piperidine rings is 2. The maximum atomic E-state index is 11.2. The van der Waals surface area contributed by atoms with Crippen molar-refractivity contribution in [2.75, 3.05) is 59.4 Å². The minimum absolute atomic E-state index is 0.0887. The number of hydrogen-bond donors (Lipinski definition) is 3. The Morgan fingerprint density at radius 3 is 2.04 bits per heavy atom. The monoisotopic (exact) mass is 394 g/mol. The van der Waals surface area contributed by atoms with Crippen LogP contribution in [0.2, 0.25) is 0 Å². The van der Waals surface area contributed by atoms with E-state index in [1.807, 2.05) is 7.05 Å². The number of likely N-dealkylation sites (tertiary alicyclic amines) is 2. The van der Waals surface area contributed by atoms with Crippen LogP contribution in [0.25, 0.3) is 0 Å². The van der Waals surface area contributed by atoms with Gasteiger partial charge >= 0.3 is 0 Å². The van der Waals surface area contributed by atoms with Crippen LogP contribution in [0.1, 0.15) is 51.9 Å². The summed E-state index contributed by atoms with van der Waals surface area (Å²) in [6, 6.07) is 0. The van der Waals surface area contributed by atoms with Crippen molar-refractivity contribution < 1.29 is 4.79 Å². The number of amides is 1. The predicted molar refractivity (Wildman–Crippen MR) is 116 cm³/mol. The van der Waals surface area contributed by atoms with E-state index in [9.17, 15) is 4.79 Å². The number of nitrogens with zero attached hydrogens (tertiary/aromatic N) is 3. The summed E-state index contributed by atoms with van der Waals surface area (Å²) in [5.74, 6) is 1.77. The molecule has 7 nitrogen and oxygen atoms in total. The van der Waals surface area contributed by atoms with Gasteiger partial charge in [-0.15, -0.1) is 0 Å². The van der Waals surface area contributed by atoms with E-state index >= 15 is 0 Å². The Bertz CT molecular complexity index is 468. The van der Waals surface area contributed by atoms with Crippen molar-refractivity contribution in [3.8, 4) is 0 Å². The van der Waals surface area contributed by atoms with E-state index in [0.717, 1.165) is 70.3 Å². The molecule has 0 unspecified atom stereocenters. The van der Waals surface area contributed by atoms with Gasteiger partial charge in [-0.1, -0.05) is 6.92 Å². The zero-order valence-electron chi connectivity index (χ0n) is 18.1. The van der Waals surface area contributed by atoms with E-state index < -0.39 is 0 Å². The van der Waals surface area contributed by atoms with E-state index in [4.69, 9.17) is 5.73 Å². The van der Waals surface area contributed by atoms with E-state index in [0.29, 0.717) is 0 Å². The van der Waals surface area contributed by atoms with Crippen molar-refractivity contribution >= 4 is 11.9 Å². The summed E-state index contributed by atoms with van der Waals surface area (Å²) in [6.45, 7) is 11.1. The molecule has 2 fully saturated rings. The summed E-state index contributed by atoms with van der Waals surface area (Å²) in [5, 5.41) is 6.85. The highest BCUT2D eigenvalue weighted by Crippen LogP contribution is 2.17. The van der Waals surface area contributed by atoms with Crippen LogP contribution in [0.4, 0.5) is 0 Å². The van der Waals surface area contributed by atoms with Crippen LogP contribution in [0.3, 0.4) is 0 Å². The lowest BCUT2D eigenvalue weighted by Crippen LogP contribution is -2.40. The lowest BCUT2D eigenvalue weighted by molar-refractivity contribution is -0.123. The van der Waals surface area contributed by atoms with Gasteiger partial charge in [0.1, 0.15) is 0 Å². The number of nitrogens with one attached hydrogen (secondary N) is 2. The number of carbonyl (C=O) groups excluding carboxylic acids is 1. The molecule has 0 atom stereocenters. The molecule has 0 spiro atoms. The minimum atomic E-state index is -0.131. The highest BCUT2D eigenvalue weighted by molar-refractivity contribution is 5.79. The fraction of sp³-hybridized carbons (Fsp3) is 0.905. The molecule has 2 rings (SSSR count). The normalized spacial score (nSPS) is 21.0. The smallest absolute Gasteiger partial charge is 0.220 e. The lowest BCUT2D eigenvalue weighted by atomic mass is 9.96. The molecule has 28 heavy (non-hydrogen) atoms. The Kier molecular flexibility index (Phi) is 10.6. The molecule has 0 aliphatic carbocycles. The summed E-state index contributed by atoms with van der Waals surface area (Å²) in [4.78, 5) is 20.6. The summed E-state index contributed by atoms with van der Waals surface area (Å²) >= 11 is 0. The molecule has 1 amide bonds. The number of unbranched alkanes of at least 4 members (excludes halogenated alkanes) is 1. The van der Waals surface area contributed by atoms with Gasteiger partial charge in [-0.25, -0.2) is 0 Å². The first kappa shape index (κ1) is 22.9. The largest absolute Gasteiger partial charge is 0.369 e. The van der Waals surface area contributed by atoms with Crippen molar-refractivity contribution in [2.45, 2.75) is 51.9 Å². The number of carbonyl (C=O) groups is 1. The first-order chi connectivity index (χ1) is 13.6. The molecular formula is C21H42N6O. The van der Waals surface area contributed by atoms with Crippen LogP contribution in [0, 0.1) is 11.8 Å². The SMILES string of the molecule is CN=C(NCCCCN1CCC(C(N)=O)CC1)NCCCN1CCC(C)CC1. The number of nitrogens with two attached hydrogens (primary N) is 1. The maximum Gasteiger partial charge on any atom is 0.220 e. The number of guanidine groups is 1. The van der Waals surface area contributed by atoms with E-state index in [-0.39, 0.29) is 11.8 Å². The van der Waals surface area contributed by atoms with Crippen LogP contribution in [-0.2, 0) is 4.79 Å². The molecule has 0 saturated carbocycles.